The smallest absolute Gasteiger partial charge is 0.234 e. The molecule has 86 valence electrons. The summed E-state index contributed by atoms with van der Waals surface area (Å²) >= 11 is 0. The number of amides is 1. The molecule has 0 saturated carbocycles. The molecule has 1 rings (SSSR count). The molecular weight excluding hydrogens is 202 g/mol. The lowest BCUT2D eigenvalue weighted by Crippen LogP contribution is -2.34. The van der Waals surface area contributed by atoms with E-state index in [0.29, 0.717) is 13.1 Å². The largest absolute Gasteiger partial charge is 0.350 e. The van der Waals surface area contributed by atoms with Crippen LogP contribution in [0.3, 0.4) is 0 Å². The summed E-state index contributed by atoms with van der Waals surface area (Å²) in [4.78, 5) is 11.4. The van der Waals surface area contributed by atoms with Crippen molar-refractivity contribution < 1.29 is 4.79 Å². The van der Waals surface area contributed by atoms with Crippen molar-refractivity contribution in [2.24, 2.45) is 7.05 Å². The average Bonchev–Trinajstić information content (AvgIpc) is 2.58. The summed E-state index contributed by atoms with van der Waals surface area (Å²) in [7, 11) is 1.98. The Morgan fingerprint density at radius 3 is 2.88 bits per heavy atom. The SMILES string of the molecule is C#CCNCC(=O)NCc1ccc(C)n1C. The number of aromatic nitrogens is 1. The van der Waals surface area contributed by atoms with Crippen LogP contribution in [-0.4, -0.2) is 23.6 Å². The molecule has 0 aliphatic heterocycles. The molecule has 0 aromatic carbocycles. The molecular formula is C12H17N3O. The lowest BCUT2D eigenvalue weighted by molar-refractivity contribution is -0.120. The van der Waals surface area contributed by atoms with Crippen molar-refractivity contribution in [3.8, 4) is 12.3 Å². The van der Waals surface area contributed by atoms with E-state index in [0.717, 1.165) is 5.69 Å². The Hall–Kier alpha value is -1.73. The Kier molecular flexibility index (Phi) is 4.62. The predicted octanol–water partition coefficient (Wildman–Crippen LogP) is 0.173. The molecule has 0 atom stereocenters. The van der Waals surface area contributed by atoms with Crippen molar-refractivity contribution in [1.82, 2.24) is 15.2 Å². The molecule has 0 fully saturated rings. The summed E-state index contributed by atoms with van der Waals surface area (Å²) < 4.78 is 2.05. The number of carbonyl (C=O) groups is 1. The lowest BCUT2D eigenvalue weighted by Gasteiger charge is -2.07. The van der Waals surface area contributed by atoms with Crippen molar-refractivity contribution in [1.29, 1.82) is 0 Å². The second kappa shape index (κ2) is 5.99. The number of aryl methyl sites for hydroxylation is 1. The third-order valence-electron chi connectivity index (χ3n) is 2.46. The topological polar surface area (TPSA) is 46.1 Å². The molecule has 0 radical (unpaired) electrons. The fraction of sp³-hybridized carbons (Fsp3) is 0.417. The second-order valence-corrected chi connectivity index (χ2v) is 3.61. The molecule has 4 nitrogen and oxygen atoms in total. The molecule has 4 heteroatoms. The number of rotatable bonds is 5. The molecule has 0 aliphatic carbocycles. The van der Waals surface area contributed by atoms with E-state index >= 15 is 0 Å². The fourth-order valence-electron chi connectivity index (χ4n) is 1.34. The molecule has 1 amide bonds. The summed E-state index contributed by atoms with van der Waals surface area (Å²) in [5, 5.41) is 5.66. The van der Waals surface area contributed by atoms with E-state index in [2.05, 4.69) is 21.1 Å². The molecule has 0 unspecified atom stereocenters. The molecule has 0 saturated heterocycles. The highest BCUT2D eigenvalue weighted by molar-refractivity contribution is 5.77. The first-order valence-electron chi connectivity index (χ1n) is 5.17. The highest BCUT2D eigenvalue weighted by Gasteiger charge is 2.03. The highest BCUT2D eigenvalue weighted by atomic mass is 16.1. The van der Waals surface area contributed by atoms with Gasteiger partial charge in [0.05, 0.1) is 19.6 Å². The summed E-state index contributed by atoms with van der Waals surface area (Å²) in [6.45, 7) is 3.24. The molecule has 1 heterocycles. The maximum atomic E-state index is 11.4. The van der Waals surface area contributed by atoms with Gasteiger partial charge in [-0.25, -0.2) is 0 Å². The minimum Gasteiger partial charge on any atom is -0.350 e. The van der Waals surface area contributed by atoms with E-state index in [1.807, 2.05) is 26.1 Å². The Labute approximate surface area is 96.0 Å². The van der Waals surface area contributed by atoms with Gasteiger partial charge < -0.3 is 9.88 Å². The molecule has 0 aliphatic rings. The summed E-state index contributed by atoms with van der Waals surface area (Å²) in [6, 6.07) is 4.03. The molecule has 0 bridgehead atoms. The Morgan fingerprint density at radius 2 is 2.31 bits per heavy atom. The van der Waals surface area contributed by atoms with Crippen molar-refractivity contribution in [2.75, 3.05) is 13.1 Å². The Bertz CT molecular complexity index is 401. The van der Waals surface area contributed by atoms with Gasteiger partial charge in [0.2, 0.25) is 5.91 Å². The first-order chi connectivity index (χ1) is 7.65. The number of terminal acetylenes is 1. The minimum atomic E-state index is -0.0471. The summed E-state index contributed by atoms with van der Waals surface area (Å²) in [5.74, 6) is 2.37. The fourth-order valence-corrected chi connectivity index (χ4v) is 1.34. The normalized spacial score (nSPS) is 9.81. The highest BCUT2D eigenvalue weighted by Crippen LogP contribution is 2.04. The Morgan fingerprint density at radius 1 is 1.56 bits per heavy atom. The number of nitrogens with one attached hydrogen (secondary N) is 2. The van der Waals surface area contributed by atoms with Crippen LogP contribution in [0.15, 0.2) is 12.1 Å². The Balaban J connectivity index is 2.32. The van der Waals surface area contributed by atoms with E-state index in [4.69, 9.17) is 6.42 Å². The monoisotopic (exact) mass is 219 g/mol. The van der Waals surface area contributed by atoms with Crippen molar-refractivity contribution in [3.05, 3.63) is 23.5 Å². The van der Waals surface area contributed by atoms with Crippen LogP contribution in [0.4, 0.5) is 0 Å². The van der Waals surface area contributed by atoms with Crippen LogP contribution >= 0.6 is 0 Å². The van der Waals surface area contributed by atoms with Gasteiger partial charge >= 0.3 is 0 Å². The van der Waals surface area contributed by atoms with Crippen LogP contribution in [0.1, 0.15) is 11.4 Å². The summed E-state index contributed by atoms with van der Waals surface area (Å²) in [5.41, 5.74) is 2.26. The van der Waals surface area contributed by atoms with Gasteiger partial charge in [-0.15, -0.1) is 6.42 Å². The quantitative estimate of drug-likeness (QED) is 0.548. The van der Waals surface area contributed by atoms with Gasteiger partial charge in [-0.1, -0.05) is 5.92 Å². The molecule has 0 spiro atoms. The first-order valence-corrected chi connectivity index (χ1v) is 5.17. The van der Waals surface area contributed by atoms with Crippen LogP contribution in [0.2, 0.25) is 0 Å². The predicted molar refractivity (Wildman–Crippen MR) is 63.7 cm³/mol. The number of hydrogen-bond acceptors (Lipinski definition) is 2. The molecule has 16 heavy (non-hydrogen) atoms. The van der Waals surface area contributed by atoms with Crippen LogP contribution < -0.4 is 10.6 Å². The zero-order valence-electron chi connectivity index (χ0n) is 9.71. The minimum absolute atomic E-state index is 0.0471. The van der Waals surface area contributed by atoms with Crippen LogP contribution in [-0.2, 0) is 18.4 Å². The van der Waals surface area contributed by atoms with Gasteiger partial charge in [-0.05, 0) is 19.1 Å². The number of nitrogens with zero attached hydrogens (tertiary/aromatic N) is 1. The first kappa shape index (κ1) is 12.3. The van der Waals surface area contributed by atoms with Gasteiger partial charge in [-0.3, -0.25) is 10.1 Å². The standard InChI is InChI=1S/C12H17N3O/c1-4-7-13-9-12(16)14-8-11-6-5-10(2)15(11)3/h1,5-6,13H,7-9H2,2-3H3,(H,14,16). The van der Waals surface area contributed by atoms with Gasteiger partial charge in [0, 0.05) is 18.4 Å². The molecule has 1 aromatic heterocycles. The van der Waals surface area contributed by atoms with Crippen molar-refractivity contribution in [2.45, 2.75) is 13.5 Å². The zero-order chi connectivity index (χ0) is 12.0. The second-order valence-electron chi connectivity index (χ2n) is 3.61. The zero-order valence-corrected chi connectivity index (χ0v) is 9.71. The van der Waals surface area contributed by atoms with Gasteiger partial charge in [0.15, 0.2) is 0 Å². The van der Waals surface area contributed by atoms with Crippen LogP contribution in [0.25, 0.3) is 0 Å². The van der Waals surface area contributed by atoms with Gasteiger partial charge in [0.1, 0.15) is 0 Å². The van der Waals surface area contributed by atoms with Crippen LogP contribution in [0, 0.1) is 19.3 Å². The lowest BCUT2D eigenvalue weighted by atomic mass is 10.4. The van der Waals surface area contributed by atoms with E-state index in [9.17, 15) is 4.79 Å². The maximum absolute atomic E-state index is 11.4. The van der Waals surface area contributed by atoms with Gasteiger partial charge in [-0.2, -0.15) is 0 Å². The van der Waals surface area contributed by atoms with Gasteiger partial charge in [0.25, 0.3) is 0 Å². The van der Waals surface area contributed by atoms with E-state index in [-0.39, 0.29) is 12.5 Å². The number of carbonyl (C=O) groups excluding carboxylic acids is 1. The third-order valence-corrected chi connectivity index (χ3v) is 2.46. The van der Waals surface area contributed by atoms with Crippen molar-refractivity contribution in [3.63, 3.8) is 0 Å². The van der Waals surface area contributed by atoms with E-state index in [1.54, 1.807) is 0 Å². The third kappa shape index (κ3) is 3.44. The van der Waals surface area contributed by atoms with Crippen LogP contribution in [0.5, 0.6) is 0 Å². The number of hydrogen-bond donors (Lipinski definition) is 2. The summed E-state index contributed by atoms with van der Waals surface area (Å²) in [6.07, 6.45) is 5.05. The maximum Gasteiger partial charge on any atom is 0.234 e. The average molecular weight is 219 g/mol. The van der Waals surface area contributed by atoms with Crippen molar-refractivity contribution >= 4 is 5.91 Å². The molecule has 2 N–H and O–H groups in total. The van der Waals surface area contributed by atoms with E-state index < -0.39 is 0 Å². The van der Waals surface area contributed by atoms with E-state index in [1.165, 1.54) is 5.69 Å². The molecule has 1 aromatic rings.